The van der Waals surface area contributed by atoms with Crippen LogP contribution in [0, 0.1) is 5.92 Å². The van der Waals surface area contributed by atoms with Crippen LogP contribution in [0.25, 0.3) is 0 Å². The molecule has 0 rings (SSSR count). The minimum atomic E-state index is -1.53. The Hall–Kier alpha value is -0.396. The summed E-state index contributed by atoms with van der Waals surface area (Å²) in [5.41, 5.74) is 0. The summed E-state index contributed by atoms with van der Waals surface area (Å²) in [6.07, 6.45) is 1.21. The molecule has 94 valence electrons. The SMILES string of the molecule is C=CC(=O)OC(C)([SiH2]O[Si](C)(C)C)C(C)C. The first-order valence-electron chi connectivity index (χ1n) is 5.60. The third-order valence-electron chi connectivity index (χ3n) is 2.51. The number of carbonyl (C=O) groups excluding carboxylic acids is 1. The fraction of sp³-hybridized carbons (Fsp3) is 0.727. The summed E-state index contributed by atoms with van der Waals surface area (Å²) < 4.78 is 11.4. The fourth-order valence-corrected chi connectivity index (χ4v) is 4.36. The van der Waals surface area contributed by atoms with Gasteiger partial charge in [0.15, 0.2) is 18.1 Å². The number of hydrogen-bond acceptors (Lipinski definition) is 3. The fourth-order valence-electron chi connectivity index (χ4n) is 0.945. The van der Waals surface area contributed by atoms with Crippen molar-refractivity contribution in [2.24, 2.45) is 5.92 Å². The van der Waals surface area contributed by atoms with E-state index in [1.807, 2.05) is 6.92 Å². The van der Waals surface area contributed by atoms with Crippen molar-refractivity contribution in [3.05, 3.63) is 12.7 Å². The van der Waals surface area contributed by atoms with Gasteiger partial charge in [0.2, 0.25) is 0 Å². The van der Waals surface area contributed by atoms with Crippen LogP contribution in [0.3, 0.4) is 0 Å². The topological polar surface area (TPSA) is 35.5 Å². The summed E-state index contributed by atoms with van der Waals surface area (Å²) in [5.74, 6) is -0.0951. The Balaban J connectivity index is 4.57. The van der Waals surface area contributed by atoms with E-state index in [2.05, 4.69) is 40.1 Å². The molecule has 0 saturated carbocycles. The van der Waals surface area contributed by atoms with Crippen molar-refractivity contribution < 1.29 is 13.6 Å². The molecule has 0 aliphatic heterocycles. The predicted octanol–water partition coefficient (Wildman–Crippen LogP) is 2.02. The van der Waals surface area contributed by atoms with Crippen molar-refractivity contribution in [3.63, 3.8) is 0 Å². The monoisotopic (exact) mass is 260 g/mol. The largest absolute Gasteiger partial charge is 0.458 e. The maximum atomic E-state index is 11.3. The Kier molecular flexibility index (Phi) is 5.65. The number of rotatable bonds is 6. The van der Waals surface area contributed by atoms with Crippen LogP contribution in [0.15, 0.2) is 12.7 Å². The number of carbonyl (C=O) groups is 1. The maximum absolute atomic E-state index is 11.3. The van der Waals surface area contributed by atoms with Crippen LogP contribution in [0.1, 0.15) is 20.8 Å². The highest BCUT2D eigenvalue weighted by Gasteiger charge is 2.35. The van der Waals surface area contributed by atoms with Gasteiger partial charge in [-0.1, -0.05) is 20.4 Å². The predicted molar refractivity (Wildman–Crippen MR) is 72.5 cm³/mol. The van der Waals surface area contributed by atoms with Crippen LogP contribution in [0.4, 0.5) is 0 Å². The van der Waals surface area contributed by atoms with E-state index in [4.69, 9.17) is 8.85 Å². The molecule has 0 saturated heterocycles. The van der Waals surface area contributed by atoms with E-state index in [-0.39, 0.29) is 11.9 Å². The van der Waals surface area contributed by atoms with Crippen LogP contribution in [0.2, 0.25) is 19.6 Å². The molecule has 0 aromatic heterocycles. The van der Waals surface area contributed by atoms with Gasteiger partial charge in [0.25, 0.3) is 0 Å². The standard InChI is InChI=1S/C11H24O3Si2/c1-8-10(12)13-11(4,9(2)3)15-14-16(5,6)7/h8-9H,1,15H2,2-7H3. The van der Waals surface area contributed by atoms with Crippen molar-refractivity contribution in [1.29, 1.82) is 0 Å². The highest BCUT2D eigenvalue weighted by molar-refractivity contribution is 6.74. The molecule has 0 fully saturated rings. The molecule has 0 spiro atoms. The zero-order valence-electron chi connectivity index (χ0n) is 11.3. The Morgan fingerprint density at radius 3 is 2.25 bits per heavy atom. The molecule has 0 bridgehead atoms. The van der Waals surface area contributed by atoms with Crippen LogP contribution >= 0.6 is 0 Å². The molecule has 0 N–H and O–H groups in total. The molecule has 0 aliphatic rings. The molecule has 5 heteroatoms. The molecule has 0 aliphatic carbocycles. The molecule has 1 unspecified atom stereocenters. The van der Waals surface area contributed by atoms with Gasteiger partial charge in [0.05, 0.1) is 0 Å². The number of esters is 1. The molecule has 1 atom stereocenters. The average molecular weight is 260 g/mol. The Labute approximate surface area is 102 Å². The van der Waals surface area contributed by atoms with Gasteiger partial charge < -0.3 is 8.85 Å². The minimum absolute atomic E-state index is 0.263. The van der Waals surface area contributed by atoms with E-state index in [0.717, 1.165) is 0 Å². The van der Waals surface area contributed by atoms with Crippen molar-refractivity contribution in [1.82, 2.24) is 0 Å². The molecule has 16 heavy (non-hydrogen) atoms. The first-order chi connectivity index (χ1) is 7.10. The molecule has 0 aromatic rings. The summed E-state index contributed by atoms with van der Waals surface area (Å²) in [5, 5.41) is -0.439. The lowest BCUT2D eigenvalue weighted by Gasteiger charge is -2.34. The zero-order valence-corrected chi connectivity index (χ0v) is 13.7. The average Bonchev–Trinajstić information content (AvgIpc) is 2.13. The van der Waals surface area contributed by atoms with E-state index >= 15 is 0 Å². The maximum Gasteiger partial charge on any atom is 0.330 e. The Morgan fingerprint density at radius 1 is 1.44 bits per heavy atom. The highest BCUT2D eigenvalue weighted by Crippen LogP contribution is 2.22. The van der Waals surface area contributed by atoms with Gasteiger partial charge in [-0.05, 0) is 32.5 Å². The smallest absolute Gasteiger partial charge is 0.330 e. The summed E-state index contributed by atoms with van der Waals surface area (Å²) in [6.45, 7) is 15.9. The van der Waals surface area contributed by atoms with Gasteiger partial charge in [0.1, 0.15) is 5.22 Å². The van der Waals surface area contributed by atoms with E-state index in [1.165, 1.54) is 6.08 Å². The van der Waals surface area contributed by atoms with Gasteiger partial charge in [-0.15, -0.1) is 0 Å². The van der Waals surface area contributed by atoms with Crippen LogP contribution in [0.5, 0.6) is 0 Å². The number of hydrogen-bond donors (Lipinski definition) is 0. The molecule has 3 nitrogen and oxygen atoms in total. The van der Waals surface area contributed by atoms with Gasteiger partial charge in [-0.3, -0.25) is 0 Å². The van der Waals surface area contributed by atoms with Crippen LogP contribution in [-0.2, 0) is 13.6 Å². The second-order valence-corrected chi connectivity index (χ2v) is 12.6. The van der Waals surface area contributed by atoms with Crippen molar-refractivity contribution in [2.45, 2.75) is 45.6 Å². The molecular formula is C11H24O3Si2. The Morgan fingerprint density at radius 2 is 1.94 bits per heavy atom. The molecule has 0 heterocycles. The van der Waals surface area contributed by atoms with Crippen LogP contribution in [-0.4, -0.2) is 29.3 Å². The van der Waals surface area contributed by atoms with E-state index in [0.29, 0.717) is 0 Å². The molecular weight excluding hydrogens is 236 g/mol. The second kappa shape index (κ2) is 5.79. The summed E-state index contributed by atoms with van der Waals surface area (Å²) in [6, 6.07) is 0. The van der Waals surface area contributed by atoms with E-state index in [1.54, 1.807) is 0 Å². The molecule has 0 radical (unpaired) electrons. The van der Waals surface area contributed by atoms with Gasteiger partial charge in [-0.2, -0.15) is 0 Å². The van der Waals surface area contributed by atoms with Crippen molar-refractivity contribution in [3.8, 4) is 0 Å². The zero-order chi connectivity index (χ0) is 13.0. The lowest BCUT2D eigenvalue weighted by Crippen LogP contribution is -2.47. The number of ether oxygens (including phenoxy) is 1. The molecule has 0 aromatic carbocycles. The first kappa shape index (κ1) is 15.6. The first-order valence-corrected chi connectivity index (χ1v) is 10.3. The quantitative estimate of drug-likeness (QED) is 0.416. The van der Waals surface area contributed by atoms with E-state index < -0.39 is 23.3 Å². The lowest BCUT2D eigenvalue weighted by atomic mass is 10.1. The van der Waals surface area contributed by atoms with Gasteiger partial charge in [0, 0.05) is 6.08 Å². The minimum Gasteiger partial charge on any atom is -0.458 e. The van der Waals surface area contributed by atoms with Crippen LogP contribution < -0.4 is 0 Å². The third kappa shape index (κ3) is 5.62. The second-order valence-electron chi connectivity index (χ2n) is 5.49. The van der Waals surface area contributed by atoms with E-state index in [9.17, 15) is 4.79 Å². The summed E-state index contributed by atoms with van der Waals surface area (Å²) in [4.78, 5) is 11.3. The highest BCUT2D eigenvalue weighted by atomic mass is 28.4. The van der Waals surface area contributed by atoms with Gasteiger partial charge >= 0.3 is 5.97 Å². The third-order valence-corrected chi connectivity index (χ3v) is 8.09. The van der Waals surface area contributed by atoms with Crippen molar-refractivity contribution >= 4 is 24.0 Å². The molecule has 0 amide bonds. The Bertz CT molecular complexity index is 258. The normalized spacial score (nSPS) is 16.4. The van der Waals surface area contributed by atoms with Crippen molar-refractivity contribution in [2.75, 3.05) is 0 Å². The summed E-state index contributed by atoms with van der Waals surface area (Å²) in [7, 11) is -2.43. The summed E-state index contributed by atoms with van der Waals surface area (Å²) >= 11 is 0. The lowest BCUT2D eigenvalue weighted by molar-refractivity contribution is -0.148. The van der Waals surface area contributed by atoms with Gasteiger partial charge in [-0.25, -0.2) is 4.79 Å².